The first-order chi connectivity index (χ1) is 13.1. The molecule has 3 heterocycles. The summed E-state index contributed by atoms with van der Waals surface area (Å²) < 4.78 is 0. The molecule has 1 unspecified atom stereocenters. The van der Waals surface area contributed by atoms with E-state index in [2.05, 4.69) is 15.4 Å². The fourth-order valence-corrected chi connectivity index (χ4v) is 4.26. The van der Waals surface area contributed by atoms with Gasteiger partial charge in [-0.15, -0.1) is 21.5 Å². The van der Waals surface area contributed by atoms with Crippen LogP contribution in [0.25, 0.3) is 11.4 Å². The minimum Gasteiger partial charge on any atom is -0.387 e. The maximum atomic E-state index is 12.8. The van der Waals surface area contributed by atoms with Crippen molar-refractivity contribution in [1.82, 2.24) is 25.1 Å². The highest BCUT2D eigenvalue weighted by molar-refractivity contribution is 7.10. The molecule has 2 aromatic heterocycles. The Kier molecular flexibility index (Phi) is 5.00. The number of hydrogen-bond acceptors (Lipinski definition) is 6. The lowest BCUT2D eigenvalue weighted by Gasteiger charge is -2.34. The Bertz CT molecular complexity index is 899. The highest BCUT2D eigenvalue weighted by Crippen LogP contribution is 2.33. The number of benzene rings is 1. The fourth-order valence-electron chi connectivity index (χ4n) is 3.45. The number of aryl methyl sites for hydroxylation is 1. The van der Waals surface area contributed by atoms with Gasteiger partial charge in [0.15, 0.2) is 0 Å². The van der Waals surface area contributed by atoms with Gasteiger partial charge in [0.1, 0.15) is 0 Å². The van der Waals surface area contributed by atoms with Gasteiger partial charge in [0.25, 0.3) is 5.91 Å². The summed E-state index contributed by atoms with van der Waals surface area (Å²) in [6.07, 6.45) is 1.19. The van der Waals surface area contributed by atoms with Gasteiger partial charge in [0.05, 0.1) is 13.2 Å². The molecule has 140 valence electrons. The number of hydrogen-bond donors (Lipinski definition) is 1. The predicted octanol–water partition coefficient (Wildman–Crippen LogP) is 2.52. The number of amides is 1. The lowest BCUT2D eigenvalue weighted by Crippen LogP contribution is -2.39. The van der Waals surface area contributed by atoms with E-state index in [0.29, 0.717) is 24.5 Å². The van der Waals surface area contributed by atoms with Crippen LogP contribution in [0.3, 0.4) is 0 Å². The van der Waals surface area contributed by atoms with Gasteiger partial charge >= 0.3 is 0 Å². The fraction of sp³-hybridized carbons (Fsp3) is 0.368. The first-order valence-corrected chi connectivity index (χ1v) is 9.85. The van der Waals surface area contributed by atoms with E-state index in [1.165, 1.54) is 4.80 Å². The number of aromatic nitrogens is 4. The van der Waals surface area contributed by atoms with E-state index in [4.69, 9.17) is 0 Å². The Morgan fingerprint density at radius 3 is 2.56 bits per heavy atom. The number of rotatable bonds is 4. The number of thiophene rings is 1. The molecule has 0 saturated carbocycles. The number of aliphatic hydroxyl groups excluding tert-OH is 1. The maximum absolute atomic E-state index is 12.8. The molecular weight excluding hydrogens is 362 g/mol. The Hall–Kier alpha value is -2.58. The van der Waals surface area contributed by atoms with Gasteiger partial charge in [-0.2, -0.15) is 4.80 Å². The summed E-state index contributed by atoms with van der Waals surface area (Å²) in [6.45, 7) is 1.33. The van der Waals surface area contributed by atoms with Crippen molar-refractivity contribution >= 4 is 17.2 Å². The largest absolute Gasteiger partial charge is 0.387 e. The van der Waals surface area contributed by atoms with E-state index >= 15 is 0 Å². The third kappa shape index (κ3) is 3.77. The maximum Gasteiger partial charge on any atom is 0.253 e. The molecule has 0 bridgehead atoms. The van der Waals surface area contributed by atoms with Gasteiger partial charge in [0, 0.05) is 29.1 Å². The van der Waals surface area contributed by atoms with E-state index in [1.54, 1.807) is 30.5 Å². The molecule has 4 rings (SSSR count). The third-order valence-corrected chi connectivity index (χ3v) is 5.95. The molecule has 3 aromatic rings. The SMILES string of the molecule is Cn1nnc(-c2ccc(C(=O)N3CCC(C(O)c4cccs4)CC3)cc2)n1. The second-order valence-electron chi connectivity index (χ2n) is 6.77. The number of carbonyl (C=O) groups is 1. The van der Waals surface area contributed by atoms with Crippen LogP contribution in [0.5, 0.6) is 0 Å². The number of aliphatic hydroxyl groups is 1. The molecule has 1 aliphatic heterocycles. The van der Waals surface area contributed by atoms with Crippen LogP contribution >= 0.6 is 11.3 Å². The van der Waals surface area contributed by atoms with Crippen LogP contribution in [-0.2, 0) is 7.05 Å². The van der Waals surface area contributed by atoms with Crippen LogP contribution in [0.4, 0.5) is 0 Å². The van der Waals surface area contributed by atoms with Crippen molar-refractivity contribution in [1.29, 1.82) is 0 Å². The minimum absolute atomic E-state index is 0.0257. The van der Waals surface area contributed by atoms with Gasteiger partial charge in [-0.05, 0) is 47.6 Å². The predicted molar refractivity (Wildman–Crippen MR) is 102 cm³/mol. The summed E-state index contributed by atoms with van der Waals surface area (Å²) >= 11 is 1.58. The Morgan fingerprint density at radius 2 is 1.96 bits per heavy atom. The van der Waals surface area contributed by atoms with Crippen molar-refractivity contribution in [3.8, 4) is 11.4 Å². The van der Waals surface area contributed by atoms with Gasteiger partial charge in [-0.3, -0.25) is 4.79 Å². The van der Waals surface area contributed by atoms with Crippen LogP contribution < -0.4 is 0 Å². The smallest absolute Gasteiger partial charge is 0.253 e. The van der Waals surface area contributed by atoms with Crippen LogP contribution in [0.1, 0.15) is 34.2 Å². The summed E-state index contributed by atoms with van der Waals surface area (Å²) in [4.78, 5) is 17.1. The van der Waals surface area contributed by atoms with Crippen molar-refractivity contribution < 1.29 is 9.90 Å². The minimum atomic E-state index is -0.430. The highest BCUT2D eigenvalue weighted by Gasteiger charge is 2.29. The van der Waals surface area contributed by atoms with Gasteiger partial charge in [-0.25, -0.2) is 0 Å². The lowest BCUT2D eigenvalue weighted by molar-refractivity contribution is 0.0474. The monoisotopic (exact) mass is 383 g/mol. The summed E-state index contributed by atoms with van der Waals surface area (Å²) in [7, 11) is 1.72. The molecule has 27 heavy (non-hydrogen) atoms. The van der Waals surface area contributed by atoms with E-state index in [0.717, 1.165) is 23.3 Å². The highest BCUT2D eigenvalue weighted by atomic mass is 32.1. The quantitative estimate of drug-likeness (QED) is 0.748. The molecule has 1 aromatic carbocycles. The molecule has 1 aliphatic rings. The number of nitrogens with zero attached hydrogens (tertiary/aromatic N) is 5. The molecule has 7 nitrogen and oxygen atoms in total. The first-order valence-electron chi connectivity index (χ1n) is 8.97. The molecule has 0 radical (unpaired) electrons. The molecule has 1 amide bonds. The van der Waals surface area contributed by atoms with Gasteiger partial charge in [-0.1, -0.05) is 18.2 Å². The average molecular weight is 383 g/mol. The second kappa shape index (κ2) is 7.58. The number of piperidine rings is 1. The van der Waals surface area contributed by atoms with E-state index < -0.39 is 6.10 Å². The summed E-state index contributed by atoms with van der Waals surface area (Å²) in [5.41, 5.74) is 1.48. The molecule has 1 saturated heterocycles. The van der Waals surface area contributed by atoms with Crippen molar-refractivity contribution in [3.05, 3.63) is 52.2 Å². The van der Waals surface area contributed by atoms with Crippen LogP contribution in [-0.4, -0.2) is 49.2 Å². The Morgan fingerprint density at radius 1 is 1.22 bits per heavy atom. The average Bonchev–Trinajstić information content (AvgIpc) is 3.39. The van der Waals surface area contributed by atoms with E-state index in [9.17, 15) is 9.90 Å². The molecule has 1 atom stereocenters. The zero-order valence-corrected chi connectivity index (χ0v) is 15.8. The zero-order valence-electron chi connectivity index (χ0n) is 15.0. The van der Waals surface area contributed by atoms with E-state index in [-0.39, 0.29) is 11.8 Å². The lowest BCUT2D eigenvalue weighted by atomic mass is 9.90. The number of likely N-dealkylation sites (tertiary alicyclic amines) is 1. The van der Waals surface area contributed by atoms with Crippen molar-refractivity contribution in [2.45, 2.75) is 18.9 Å². The molecule has 1 N–H and O–H groups in total. The normalized spacial score (nSPS) is 16.4. The number of tetrazole rings is 1. The molecule has 1 fully saturated rings. The van der Waals surface area contributed by atoms with Crippen LogP contribution in [0.15, 0.2) is 41.8 Å². The summed E-state index contributed by atoms with van der Waals surface area (Å²) in [5, 5.41) is 24.5. The zero-order chi connectivity index (χ0) is 18.8. The summed E-state index contributed by atoms with van der Waals surface area (Å²) in [6, 6.07) is 11.2. The second-order valence-corrected chi connectivity index (χ2v) is 7.75. The van der Waals surface area contributed by atoms with Gasteiger partial charge < -0.3 is 10.0 Å². The summed E-state index contributed by atoms with van der Waals surface area (Å²) in [5.74, 6) is 0.774. The molecule has 0 aliphatic carbocycles. The van der Waals surface area contributed by atoms with Crippen LogP contribution in [0, 0.1) is 5.92 Å². The van der Waals surface area contributed by atoms with Gasteiger partial charge in [0.2, 0.25) is 5.82 Å². The molecule has 8 heteroatoms. The van der Waals surface area contributed by atoms with Crippen molar-refractivity contribution in [2.75, 3.05) is 13.1 Å². The standard InChI is InChI=1S/C19H21N5O2S/c1-23-21-18(20-22-23)14-4-6-15(7-5-14)19(26)24-10-8-13(9-11-24)17(25)16-3-2-12-27-16/h2-7,12-13,17,25H,8-11H2,1H3. The molecular formula is C19H21N5O2S. The first kappa shape index (κ1) is 17.8. The number of carbonyl (C=O) groups excluding carboxylic acids is 1. The third-order valence-electron chi connectivity index (χ3n) is 5.01. The topological polar surface area (TPSA) is 84.1 Å². The van der Waals surface area contributed by atoms with Crippen molar-refractivity contribution in [3.63, 3.8) is 0 Å². The Labute approximate surface area is 161 Å². The van der Waals surface area contributed by atoms with Crippen molar-refractivity contribution in [2.24, 2.45) is 13.0 Å². The van der Waals surface area contributed by atoms with Crippen LogP contribution in [0.2, 0.25) is 0 Å². The Balaban J connectivity index is 1.38. The van der Waals surface area contributed by atoms with E-state index in [1.807, 2.05) is 34.5 Å². The molecule has 0 spiro atoms.